The molecule has 0 bridgehead atoms. The molecule has 31 heavy (non-hydrogen) atoms. The molecule has 0 unspecified atom stereocenters. The molecule has 0 spiro atoms. The number of nitrogens with one attached hydrogen (secondary N) is 2. The molecule has 6 nitrogen and oxygen atoms in total. The lowest BCUT2D eigenvalue weighted by Gasteiger charge is -2.36. The third-order valence-corrected chi connectivity index (χ3v) is 5.23. The van der Waals surface area contributed by atoms with E-state index in [1.54, 1.807) is 54.6 Å². The van der Waals surface area contributed by atoms with Gasteiger partial charge in [-0.3, -0.25) is 19.3 Å². The van der Waals surface area contributed by atoms with Crippen LogP contribution in [0.15, 0.2) is 72.8 Å². The van der Waals surface area contributed by atoms with E-state index >= 15 is 0 Å². The average molecular weight is 413 g/mol. The largest absolute Gasteiger partial charge is 0.326 e. The molecule has 1 heterocycles. The van der Waals surface area contributed by atoms with Crippen molar-refractivity contribution in [2.24, 2.45) is 0 Å². The van der Waals surface area contributed by atoms with Crippen LogP contribution in [0.25, 0.3) is 0 Å². The summed E-state index contributed by atoms with van der Waals surface area (Å²) in [6.45, 7) is 3.87. The lowest BCUT2D eigenvalue weighted by atomic mass is 10.0. The molecule has 1 atom stereocenters. The lowest BCUT2D eigenvalue weighted by molar-refractivity contribution is -0.122. The second-order valence-corrected chi connectivity index (χ2v) is 7.69. The number of carbonyl (C=O) groups is 3. The standard InChI is InChI=1S/C25H23N3O3/c1-16-10-12-19(13-11-16)26-23(29)15-22-24(30)27-20-8-3-4-9-21(20)28(22)25(31)18-7-5-6-17(2)14-18/h3-14,22H,15H2,1-2H3,(H,26,29)(H,27,30)/t22-/m1/s1. The van der Waals surface area contributed by atoms with Crippen LogP contribution in [0.1, 0.15) is 27.9 Å². The van der Waals surface area contributed by atoms with Gasteiger partial charge in [-0.2, -0.15) is 0 Å². The number of para-hydroxylation sites is 2. The molecule has 0 radical (unpaired) electrons. The normalized spacial score (nSPS) is 15.1. The van der Waals surface area contributed by atoms with Crippen LogP contribution >= 0.6 is 0 Å². The van der Waals surface area contributed by atoms with E-state index in [-0.39, 0.29) is 18.2 Å². The van der Waals surface area contributed by atoms with Gasteiger partial charge in [-0.25, -0.2) is 0 Å². The summed E-state index contributed by atoms with van der Waals surface area (Å²) in [6.07, 6.45) is -0.161. The van der Waals surface area contributed by atoms with Crippen LogP contribution in [0.2, 0.25) is 0 Å². The molecule has 4 rings (SSSR count). The summed E-state index contributed by atoms with van der Waals surface area (Å²) in [5.41, 5.74) is 4.24. The van der Waals surface area contributed by atoms with Crippen LogP contribution in [0.4, 0.5) is 17.1 Å². The summed E-state index contributed by atoms with van der Waals surface area (Å²) in [7, 11) is 0. The van der Waals surface area contributed by atoms with Crippen LogP contribution in [0, 0.1) is 13.8 Å². The molecule has 1 aliphatic rings. The number of hydrogen-bond acceptors (Lipinski definition) is 3. The van der Waals surface area contributed by atoms with Crippen molar-refractivity contribution < 1.29 is 14.4 Å². The van der Waals surface area contributed by atoms with E-state index in [1.807, 2.05) is 32.0 Å². The SMILES string of the molecule is Cc1ccc(NC(=O)C[C@@H]2C(=O)Nc3ccccc3N2C(=O)c2cccc(C)c2)cc1. The Morgan fingerprint density at radius 3 is 2.42 bits per heavy atom. The highest BCUT2D eigenvalue weighted by molar-refractivity contribution is 6.17. The zero-order valence-corrected chi connectivity index (χ0v) is 17.4. The fourth-order valence-electron chi connectivity index (χ4n) is 3.67. The third-order valence-electron chi connectivity index (χ3n) is 5.23. The molecule has 0 aliphatic carbocycles. The van der Waals surface area contributed by atoms with Crippen LogP contribution in [-0.2, 0) is 9.59 Å². The molecule has 3 aromatic rings. The summed E-state index contributed by atoms with van der Waals surface area (Å²) in [5.74, 6) is -1.05. The minimum atomic E-state index is -0.964. The molecule has 3 aromatic carbocycles. The van der Waals surface area contributed by atoms with Gasteiger partial charge in [0.05, 0.1) is 17.8 Å². The number of carbonyl (C=O) groups excluding carboxylic acids is 3. The molecule has 156 valence electrons. The maximum Gasteiger partial charge on any atom is 0.259 e. The van der Waals surface area contributed by atoms with E-state index in [4.69, 9.17) is 0 Å². The Bertz CT molecular complexity index is 1150. The molecular weight excluding hydrogens is 390 g/mol. The molecule has 2 N–H and O–H groups in total. The summed E-state index contributed by atoms with van der Waals surface area (Å²) in [6, 6.07) is 20.7. The maximum atomic E-state index is 13.5. The summed E-state index contributed by atoms with van der Waals surface area (Å²) in [5, 5.41) is 5.63. The van der Waals surface area contributed by atoms with Gasteiger partial charge in [0.25, 0.3) is 5.91 Å². The van der Waals surface area contributed by atoms with Crippen molar-refractivity contribution in [3.05, 3.63) is 89.5 Å². The first-order valence-corrected chi connectivity index (χ1v) is 10.1. The van der Waals surface area contributed by atoms with Crippen LogP contribution in [0.5, 0.6) is 0 Å². The topological polar surface area (TPSA) is 78.5 Å². The van der Waals surface area contributed by atoms with Crippen molar-refractivity contribution in [1.29, 1.82) is 0 Å². The second-order valence-electron chi connectivity index (χ2n) is 7.69. The fraction of sp³-hybridized carbons (Fsp3) is 0.160. The Morgan fingerprint density at radius 1 is 0.935 bits per heavy atom. The van der Waals surface area contributed by atoms with Gasteiger partial charge in [-0.05, 0) is 50.2 Å². The Morgan fingerprint density at radius 2 is 1.68 bits per heavy atom. The van der Waals surface area contributed by atoms with E-state index in [1.165, 1.54) is 4.90 Å². The van der Waals surface area contributed by atoms with E-state index in [9.17, 15) is 14.4 Å². The van der Waals surface area contributed by atoms with Gasteiger partial charge in [0.15, 0.2) is 0 Å². The van der Waals surface area contributed by atoms with Gasteiger partial charge in [-0.1, -0.05) is 47.5 Å². The number of aryl methyl sites for hydroxylation is 2. The smallest absolute Gasteiger partial charge is 0.259 e. The average Bonchev–Trinajstić information content (AvgIpc) is 2.75. The summed E-state index contributed by atoms with van der Waals surface area (Å²) >= 11 is 0. The predicted octanol–water partition coefficient (Wildman–Crippen LogP) is 4.30. The van der Waals surface area contributed by atoms with Crippen molar-refractivity contribution in [2.75, 3.05) is 15.5 Å². The van der Waals surface area contributed by atoms with Gasteiger partial charge >= 0.3 is 0 Å². The molecule has 0 saturated heterocycles. The van der Waals surface area contributed by atoms with Crippen molar-refractivity contribution in [1.82, 2.24) is 0 Å². The van der Waals surface area contributed by atoms with E-state index in [2.05, 4.69) is 10.6 Å². The number of benzene rings is 3. The van der Waals surface area contributed by atoms with Crippen molar-refractivity contribution >= 4 is 34.8 Å². The number of rotatable bonds is 4. The minimum absolute atomic E-state index is 0.161. The van der Waals surface area contributed by atoms with Crippen molar-refractivity contribution in [3.8, 4) is 0 Å². The van der Waals surface area contributed by atoms with Gasteiger partial charge in [0.2, 0.25) is 11.8 Å². The Balaban J connectivity index is 1.65. The van der Waals surface area contributed by atoms with E-state index in [0.29, 0.717) is 22.6 Å². The molecular formula is C25H23N3O3. The van der Waals surface area contributed by atoms with Gasteiger partial charge < -0.3 is 10.6 Å². The van der Waals surface area contributed by atoms with Gasteiger partial charge in [0, 0.05) is 11.3 Å². The zero-order chi connectivity index (χ0) is 22.0. The first-order chi connectivity index (χ1) is 14.9. The number of nitrogens with zero attached hydrogens (tertiary/aromatic N) is 1. The van der Waals surface area contributed by atoms with Crippen LogP contribution < -0.4 is 15.5 Å². The molecule has 0 fully saturated rings. The molecule has 0 saturated carbocycles. The monoisotopic (exact) mass is 413 g/mol. The number of anilines is 3. The van der Waals surface area contributed by atoms with E-state index in [0.717, 1.165) is 11.1 Å². The first-order valence-electron chi connectivity index (χ1n) is 10.1. The zero-order valence-electron chi connectivity index (χ0n) is 17.4. The predicted molar refractivity (Wildman–Crippen MR) is 121 cm³/mol. The Kier molecular flexibility index (Phi) is 5.54. The molecule has 6 heteroatoms. The third kappa shape index (κ3) is 4.33. The number of fused-ring (bicyclic) bond motifs is 1. The van der Waals surface area contributed by atoms with Crippen LogP contribution in [-0.4, -0.2) is 23.8 Å². The van der Waals surface area contributed by atoms with Crippen molar-refractivity contribution in [3.63, 3.8) is 0 Å². The van der Waals surface area contributed by atoms with Crippen molar-refractivity contribution in [2.45, 2.75) is 26.3 Å². The minimum Gasteiger partial charge on any atom is -0.326 e. The highest BCUT2D eigenvalue weighted by Gasteiger charge is 2.38. The summed E-state index contributed by atoms with van der Waals surface area (Å²) in [4.78, 5) is 40.6. The quantitative estimate of drug-likeness (QED) is 0.669. The number of amides is 3. The molecule has 1 aliphatic heterocycles. The number of hydrogen-bond donors (Lipinski definition) is 2. The highest BCUT2D eigenvalue weighted by Crippen LogP contribution is 2.34. The highest BCUT2D eigenvalue weighted by atomic mass is 16.2. The first kappa shape index (κ1) is 20.3. The maximum absolute atomic E-state index is 13.5. The second kappa shape index (κ2) is 8.44. The van der Waals surface area contributed by atoms with Gasteiger partial charge in [-0.15, -0.1) is 0 Å². The lowest BCUT2D eigenvalue weighted by Crippen LogP contribution is -2.52. The molecule has 0 aromatic heterocycles. The fourth-order valence-corrected chi connectivity index (χ4v) is 3.67. The summed E-state index contributed by atoms with van der Waals surface area (Å²) < 4.78 is 0. The van der Waals surface area contributed by atoms with Gasteiger partial charge in [0.1, 0.15) is 6.04 Å². The molecule has 3 amide bonds. The Hall–Kier alpha value is -3.93. The van der Waals surface area contributed by atoms with E-state index < -0.39 is 11.9 Å². The van der Waals surface area contributed by atoms with Crippen LogP contribution in [0.3, 0.4) is 0 Å². The Labute approximate surface area is 180 Å².